The van der Waals surface area contributed by atoms with Crippen molar-refractivity contribution in [2.75, 3.05) is 19.6 Å². The molecule has 0 aliphatic heterocycles. The molecule has 0 aliphatic carbocycles. The molecule has 2 aromatic rings. The number of halogens is 2. The average molecular weight is 518 g/mol. The van der Waals surface area contributed by atoms with Gasteiger partial charge in [0.2, 0.25) is 0 Å². The molecule has 2 aromatic carbocycles. The molecule has 0 saturated heterocycles. The Hall–Kier alpha value is -2.84. The topological polar surface area (TPSA) is 81.7 Å². The monoisotopic (exact) mass is 517 g/mol. The van der Waals surface area contributed by atoms with Gasteiger partial charge in [-0.15, -0.1) is 0 Å². The molecule has 3 atom stereocenters. The number of nitrogens with one attached hydrogen (secondary N) is 2. The van der Waals surface area contributed by atoms with Crippen LogP contribution in [-0.4, -0.2) is 59.6 Å². The molecular weight excluding hydrogens is 476 g/mol. The Morgan fingerprint density at radius 2 is 1.54 bits per heavy atom. The van der Waals surface area contributed by atoms with Gasteiger partial charge in [-0.1, -0.05) is 20.8 Å². The van der Waals surface area contributed by atoms with Crippen LogP contribution in [-0.2, 0) is 6.42 Å². The van der Waals surface area contributed by atoms with E-state index in [-0.39, 0.29) is 30.5 Å². The number of hydrogen-bond donors (Lipinski definition) is 3. The highest BCUT2D eigenvalue weighted by Crippen LogP contribution is 2.16. The number of amides is 2. The third-order valence-corrected chi connectivity index (χ3v) is 6.31. The van der Waals surface area contributed by atoms with E-state index in [0.717, 1.165) is 30.9 Å². The van der Waals surface area contributed by atoms with Gasteiger partial charge in [0.05, 0.1) is 12.1 Å². The molecule has 0 saturated carbocycles. The van der Waals surface area contributed by atoms with Crippen molar-refractivity contribution in [2.45, 2.75) is 78.5 Å². The van der Waals surface area contributed by atoms with Gasteiger partial charge in [0.1, 0.15) is 11.6 Å². The van der Waals surface area contributed by atoms with Gasteiger partial charge >= 0.3 is 0 Å². The summed E-state index contributed by atoms with van der Waals surface area (Å²) in [5.74, 6) is -2.05. The van der Waals surface area contributed by atoms with Crippen molar-refractivity contribution < 1.29 is 23.5 Å². The predicted octanol–water partition coefficient (Wildman–Crippen LogP) is 4.63. The minimum absolute atomic E-state index is 0.0299. The summed E-state index contributed by atoms with van der Waals surface area (Å²) in [6, 6.07) is 7.50. The van der Waals surface area contributed by atoms with Gasteiger partial charge in [-0.2, -0.15) is 0 Å². The van der Waals surface area contributed by atoms with Crippen molar-refractivity contribution in [3.8, 4) is 0 Å². The summed E-state index contributed by atoms with van der Waals surface area (Å²) in [7, 11) is 0. The summed E-state index contributed by atoms with van der Waals surface area (Å²) in [5, 5.41) is 17.0. The molecule has 0 unspecified atom stereocenters. The Kier molecular flexibility index (Phi) is 12.1. The molecule has 0 fully saturated rings. The van der Waals surface area contributed by atoms with Crippen LogP contribution >= 0.6 is 0 Å². The maximum Gasteiger partial charge on any atom is 0.253 e. The fraction of sp³-hybridized carbons (Fsp3) is 0.517. The minimum atomic E-state index is -1.01. The van der Waals surface area contributed by atoms with Crippen molar-refractivity contribution in [3.63, 3.8) is 0 Å². The van der Waals surface area contributed by atoms with Gasteiger partial charge in [-0.3, -0.25) is 9.59 Å². The lowest BCUT2D eigenvalue weighted by molar-refractivity contribution is 0.0755. The Morgan fingerprint density at radius 3 is 2.11 bits per heavy atom. The zero-order chi connectivity index (χ0) is 27.5. The molecule has 37 heavy (non-hydrogen) atoms. The highest BCUT2D eigenvalue weighted by atomic mass is 19.1. The van der Waals surface area contributed by atoms with Gasteiger partial charge in [0.25, 0.3) is 11.8 Å². The molecule has 0 bridgehead atoms. The van der Waals surface area contributed by atoms with E-state index >= 15 is 0 Å². The average Bonchev–Trinajstić information content (AvgIpc) is 2.85. The highest BCUT2D eigenvalue weighted by Gasteiger charge is 2.24. The highest BCUT2D eigenvalue weighted by molar-refractivity contribution is 6.00. The molecule has 6 nitrogen and oxygen atoms in total. The van der Waals surface area contributed by atoms with E-state index in [1.165, 1.54) is 12.1 Å². The van der Waals surface area contributed by atoms with Crippen molar-refractivity contribution in [2.24, 2.45) is 0 Å². The Labute approximate surface area is 219 Å². The minimum Gasteiger partial charge on any atom is -0.390 e. The fourth-order valence-corrected chi connectivity index (χ4v) is 4.20. The van der Waals surface area contributed by atoms with Crippen LogP contribution in [0.2, 0.25) is 0 Å². The van der Waals surface area contributed by atoms with E-state index < -0.39 is 29.7 Å². The summed E-state index contributed by atoms with van der Waals surface area (Å²) in [6.07, 6.45) is 1.53. The van der Waals surface area contributed by atoms with Crippen LogP contribution < -0.4 is 10.6 Å². The number of hydrogen-bond acceptors (Lipinski definition) is 4. The van der Waals surface area contributed by atoms with E-state index in [2.05, 4.69) is 10.6 Å². The zero-order valence-corrected chi connectivity index (χ0v) is 22.6. The smallest absolute Gasteiger partial charge is 0.253 e. The summed E-state index contributed by atoms with van der Waals surface area (Å²) in [5.41, 5.74) is 1.79. The van der Waals surface area contributed by atoms with Gasteiger partial charge in [0, 0.05) is 42.9 Å². The number of rotatable bonds is 14. The first-order valence-corrected chi connectivity index (χ1v) is 13.2. The number of aliphatic hydroxyl groups excluding tert-OH is 1. The van der Waals surface area contributed by atoms with Crippen molar-refractivity contribution in [1.29, 1.82) is 0 Å². The lowest BCUT2D eigenvalue weighted by Gasteiger charge is -2.26. The van der Waals surface area contributed by atoms with Crippen LogP contribution in [0, 0.1) is 18.6 Å². The molecule has 0 aromatic heterocycles. The molecule has 2 amide bonds. The van der Waals surface area contributed by atoms with E-state index in [0.29, 0.717) is 24.2 Å². The quantitative estimate of drug-likeness (QED) is 0.341. The summed E-state index contributed by atoms with van der Waals surface area (Å²) in [4.78, 5) is 28.2. The fourth-order valence-electron chi connectivity index (χ4n) is 4.20. The molecule has 8 heteroatoms. The molecular formula is C29H41F2N3O3. The van der Waals surface area contributed by atoms with Crippen molar-refractivity contribution in [3.05, 3.63) is 70.3 Å². The van der Waals surface area contributed by atoms with E-state index in [9.17, 15) is 23.5 Å². The number of aliphatic hydroxyl groups is 1. The van der Waals surface area contributed by atoms with Gasteiger partial charge < -0.3 is 20.6 Å². The second kappa shape index (κ2) is 14.8. The normalized spacial score (nSPS) is 13.6. The largest absolute Gasteiger partial charge is 0.390 e. The maximum atomic E-state index is 13.8. The van der Waals surface area contributed by atoms with Crippen LogP contribution in [0.1, 0.15) is 78.8 Å². The zero-order valence-electron chi connectivity index (χ0n) is 22.6. The van der Waals surface area contributed by atoms with Gasteiger partial charge in [-0.05, 0) is 81.0 Å². The van der Waals surface area contributed by atoms with Crippen molar-refractivity contribution >= 4 is 11.8 Å². The molecule has 3 N–H and O–H groups in total. The molecule has 2 rings (SSSR count). The van der Waals surface area contributed by atoms with E-state index in [4.69, 9.17) is 0 Å². The number of nitrogens with zero attached hydrogens (tertiary/aromatic N) is 1. The summed E-state index contributed by atoms with van der Waals surface area (Å²) < 4.78 is 27.6. The van der Waals surface area contributed by atoms with Crippen molar-refractivity contribution in [1.82, 2.24) is 15.5 Å². The Bertz CT molecular complexity index is 1020. The number of carbonyl (C=O) groups is 2. The number of aryl methyl sites for hydroxylation is 1. The second-order valence-corrected chi connectivity index (χ2v) is 9.73. The molecule has 204 valence electrons. The van der Waals surface area contributed by atoms with E-state index in [1.54, 1.807) is 23.1 Å². The van der Waals surface area contributed by atoms with Crippen LogP contribution in [0.4, 0.5) is 8.78 Å². The van der Waals surface area contributed by atoms with Gasteiger partial charge in [0.15, 0.2) is 0 Å². The standard InChI is InChI=1S/C29H41F2N3O3/c1-6-9-34(10-7-2)29(37)23-12-19(4)11-22(16-23)28(36)33-26(27(35)18-32-20(5)8-3)15-21-13-24(30)17-25(31)14-21/h11-14,16-17,20,26-27,32,35H,6-10,15,18H2,1-5H3,(H,33,36)/t20-,26+,27-/m1/s1. The maximum absolute atomic E-state index is 13.8. The predicted molar refractivity (Wildman–Crippen MR) is 143 cm³/mol. The lowest BCUT2D eigenvalue weighted by Crippen LogP contribution is -2.49. The summed E-state index contributed by atoms with van der Waals surface area (Å²) in [6.45, 7) is 11.3. The number of carbonyl (C=O) groups excluding carboxylic acids is 2. The first-order valence-electron chi connectivity index (χ1n) is 13.2. The molecule has 0 heterocycles. The SMILES string of the molecule is CCCN(CCC)C(=O)c1cc(C)cc(C(=O)N[C@@H](Cc2cc(F)cc(F)c2)[C@H](O)CN[C@H](C)CC)c1. The van der Waals surface area contributed by atoms with Crippen LogP contribution in [0.3, 0.4) is 0 Å². The van der Waals surface area contributed by atoms with E-state index in [1.807, 2.05) is 34.6 Å². The van der Waals surface area contributed by atoms with Gasteiger partial charge in [-0.25, -0.2) is 8.78 Å². The Balaban J connectivity index is 2.30. The second-order valence-electron chi connectivity index (χ2n) is 9.73. The Morgan fingerprint density at radius 1 is 0.946 bits per heavy atom. The lowest BCUT2D eigenvalue weighted by atomic mass is 9.99. The van der Waals surface area contributed by atoms with Crippen LogP contribution in [0.25, 0.3) is 0 Å². The first kappa shape index (κ1) is 30.4. The summed E-state index contributed by atoms with van der Waals surface area (Å²) >= 11 is 0. The molecule has 0 aliphatic rings. The molecule has 0 spiro atoms. The van der Waals surface area contributed by atoms with Crippen LogP contribution in [0.5, 0.6) is 0 Å². The first-order chi connectivity index (χ1) is 17.6. The molecule has 0 radical (unpaired) electrons. The third-order valence-electron chi connectivity index (χ3n) is 6.31. The third kappa shape index (κ3) is 9.52. The van der Waals surface area contributed by atoms with Crippen LogP contribution in [0.15, 0.2) is 36.4 Å². The number of benzene rings is 2.